The Labute approximate surface area is 93.6 Å². The number of carbonyl (C=O) groups is 1. The zero-order valence-corrected chi connectivity index (χ0v) is 9.14. The molecule has 82 valence electrons. The molecule has 3 rings (SSSR count). The summed E-state index contributed by atoms with van der Waals surface area (Å²) in [6, 6.07) is 9.99. The lowest BCUT2D eigenvalue weighted by Crippen LogP contribution is -2.18. The van der Waals surface area contributed by atoms with Crippen LogP contribution in [0.25, 0.3) is 11.0 Å². The number of amides is 1. The van der Waals surface area contributed by atoms with Crippen molar-refractivity contribution in [2.24, 2.45) is 0 Å². The number of hydrogen-bond donors (Lipinski definition) is 0. The summed E-state index contributed by atoms with van der Waals surface area (Å²) >= 11 is 0. The average molecular weight is 215 g/mol. The van der Waals surface area contributed by atoms with E-state index in [0.29, 0.717) is 6.42 Å². The van der Waals surface area contributed by atoms with Crippen LogP contribution in [-0.4, -0.2) is 24.4 Å². The summed E-state index contributed by atoms with van der Waals surface area (Å²) < 4.78 is 5.77. The van der Waals surface area contributed by atoms with Gasteiger partial charge in [0.15, 0.2) is 0 Å². The molecule has 16 heavy (non-hydrogen) atoms. The van der Waals surface area contributed by atoms with Crippen molar-refractivity contribution >= 4 is 16.9 Å². The van der Waals surface area contributed by atoms with Crippen molar-refractivity contribution < 1.29 is 9.21 Å². The molecule has 1 aromatic heterocycles. The number of hydrogen-bond acceptors (Lipinski definition) is 2. The van der Waals surface area contributed by atoms with Crippen molar-refractivity contribution in [1.29, 1.82) is 0 Å². The highest BCUT2D eigenvalue weighted by Gasteiger charge is 2.30. The molecule has 1 aliphatic heterocycles. The highest BCUT2D eigenvalue weighted by atomic mass is 16.3. The number of rotatable bonds is 1. The first-order valence-electron chi connectivity index (χ1n) is 5.46. The number of likely N-dealkylation sites (N-methyl/N-ethyl adjacent to an activating group) is 1. The van der Waals surface area contributed by atoms with Gasteiger partial charge >= 0.3 is 0 Å². The minimum absolute atomic E-state index is 0.199. The Bertz CT molecular complexity index is 511. The van der Waals surface area contributed by atoms with E-state index in [2.05, 4.69) is 0 Å². The Morgan fingerprint density at radius 2 is 2.19 bits per heavy atom. The molecular formula is C13H13NO2. The summed E-state index contributed by atoms with van der Waals surface area (Å²) in [5.74, 6) is 1.34. The van der Waals surface area contributed by atoms with E-state index in [0.717, 1.165) is 23.3 Å². The van der Waals surface area contributed by atoms with Crippen LogP contribution in [0.4, 0.5) is 0 Å². The smallest absolute Gasteiger partial charge is 0.223 e. The molecule has 0 saturated carbocycles. The first kappa shape index (κ1) is 9.46. The summed E-state index contributed by atoms with van der Waals surface area (Å²) in [7, 11) is 1.84. The van der Waals surface area contributed by atoms with Gasteiger partial charge in [-0.3, -0.25) is 4.79 Å². The van der Waals surface area contributed by atoms with Crippen LogP contribution in [0.15, 0.2) is 34.7 Å². The molecule has 1 unspecified atom stereocenters. The topological polar surface area (TPSA) is 33.5 Å². The zero-order valence-electron chi connectivity index (χ0n) is 9.14. The first-order valence-corrected chi connectivity index (χ1v) is 5.46. The van der Waals surface area contributed by atoms with Crippen LogP contribution in [0.1, 0.15) is 18.1 Å². The summed E-state index contributed by atoms with van der Waals surface area (Å²) in [6.45, 7) is 0.763. The Morgan fingerprint density at radius 3 is 2.88 bits per heavy atom. The fourth-order valence-corrected chi connectivity index (χ4v) is 2.26. The molecule has 3 heteroatoms. The van der Waals surface area contributed by atoms with Gasteiger partial charge in [0.2, 0.25) is 5.91 Å². The van der Waals surface area contributed by atoms with Gasteiger partial charge in [-0.25, -0.2) is 0 Å². The zero-order chi connectivity index (χ0) is 11.1. The van der Waals surface area contributed by atoms with Crippen LogP contribution in [0.5, 0.6) is 0 Å². The maximum absolute atomic E-state index is 11.5. The van der Waals surface area contributed by atoms with Crippen molar-refractivity contribution in [3.63, 3.8) is 0 Å². The molecule has 0 spiro atoms. The van der Waals surface area contributed by atoms with Crippen molar-refractivity contribution in [2.75, 3.05) is 13.6 Å². The lowest BCUT2D eigenvalue weighted by molar-refractivity contribution is -0.126. The molecule has 1 atom stereocenters. The first-order chi connectivity index (χ1) is 7.74. The monoisotopic (exact) mass is 215 g/mol. The third-order valence-corrected chi connectivity index (χ3v) is 3.19. The lowest BCUT2D eigenvalue weighted by atomic mass is 10.1. The predicted octanol–water partition coefficient (Wildman–Crippen LogP) is 2.38. The maximum atomic E-state index is 11.5. The van der Waals surface area contributed by atoms with E-state index >= 15 is 0 Å². The van der Waals surface area contributed by atoms with E-state index in [1.165, 1.54) is 0 Å². The fourth-order valence-electron chi connectivity index (χ4n) is 2.26. The number of nitrogens with zero attached hydrogens (tertiary/aromatic N) is 1. The van der Waals surface area contributed by atoms with E-state index in [1.54, 1.807) is 4.90 Å². The second kappa shape index (κ2) is 3.37. The second-order valence-electron chi connectivity index (χ2n) is 4.36. The van der Waals surface area contributed by atoms with E-state index in [-0.39, 0.29) is 11.8 Å². The largest absolute Gasteiger partial charge is 0.461 e. The Morgan fingerprint density at radius 1 is 1.38 bits per heavy atom. The van der Waals surface area contributed by atoms with Crippen LogP contribution in [0.2, 0.25) is 0 Å². The quantitative estimate of drug-likeness (QED) is 0.731. The number of furan rings is 1. The standard InChI is InChI=1S/C13H13NO2/c1-14-8-10(7-13(14)15)12-6-9-4-2-3-5-11(9)16-12/h2-6,10H,7-8H2,1H3. The molecule has 0 aliphatic carbocycles. The van der Waals surface area contributed by atoms with E-state index in [9.17, 15) is 4.79 Å². The molecule has 1 aromatic carbocycles. The molecular weight excluding hydrogens is 202 g/mol. The third kappa shape index (κ3) is 1.40. The van der Waals surface area contributed by atoms with Crippen molar-refractivity contribution in [2.45, 2.75) is 12.3 Å². The van der Waals surface area contributed by atoms with Crippen molar-refractivity contribution in [1.82, 2.24) is 4.90 Å². The SMILES string of the molecule is CN1CC(c2cc3ccccc3o2)CC1=O. The summed E-state index contributed by atoms with van der Waals surface area (Å²) in [5.41, 5.74) is 0.902. The third-order valence-electron chi connectivity index (χ3n) is 3.19. The highest BCUT2D eigenvalue weighted by Crippen LogP contribution is 2.31. The van der Waals surface area contributed by atoms with Crippen molar-refractivity contribution in [3.8, 4) is 0 Å². The molecule has 2 aromatic rings. The molecule has 3 nitrogen and oxygen atoms in total. The number of fused-ring (bicyclic) bond motifs is 1. The van der Waals surface area contributed by atoms with Gasteiger partial charge in [0, 0.05) is 31.3 Å². The van der Waals surface area contributed by atoms with Crippen LogP contribution in [0, 0.1) is 0 Å². The Balaban J connectivity index is 1.98. The number of carbonyl (C=O) groups excluding carboxylic acids is 1. The number of para-hydroxylation sites is 1. The number of benzene rings is 1. The minimum Gasteiger partial charge on any atom is -0.461 e. The molecule has 0 N–H and O–H groups in total. The van der Waals surface area contributed by atoms with Crippen LogP contribution < -0.4 is 0 Å². The predicted molar refractivity (Wildman–Crippen MR) is 61.2 cm³/mol. The van der Waals surface area contributed by atoms with Gasteiger partial charge < -0.3 is 9.32 Å². The summed E-state index contributed by atoms with van der Waals surface area (Å²) in [4.78, 5) is 13.2. The summed E-state index contributed by atoms with van der Waals surface area (Å²) in [6.07, 6.45) is 0.566. The van der Waals surface area contributed by atoms with Crippen LogP contribution in [0.3, 0.4) is 0 Å². The second-order valence-corrected chi connectivity index (χ2v) is 4.36. The molecule has 0 bridgehead atoms. The van der Waals surface area contributed by atoms with E-state index < -0.39 is 0 Å². The summed E-state index contributed by atoms with van der Waals surface area (Å²) in [5, 5.41) is 1.11. The average Bonchev–Trinajstić information content (AvgIpc) is 2.83. The fraction of sp³-hybridized carbons (Fsp3) is 0.308. The van der Waals surface area contributed by atoms with E-state index in [1.807, 2.05) is 37.4 Å². The van der Waals surface area contributed by atoms with Gasteiger partial charge in [0.25, 0.3) is 0 Å². The van der Waals surface area contributed by atoms with Crippen LogP contribution in [-0.2, 0) is 4.79 Å². The Hall–Kier alpha value is -1.77. The maximum Gasteiger partial charge on any atom is 0.223 e. The van der Waals surface area contributed by atoms with Gasteiger partial charge in [0.1, 0.15) is 11.3 Å². The Kier molecular flexibility index (Phi) is 1.99. The molecule has 1 fully saturated rings. The highest BCUT2D eigenvalue weighted by molar-refractivity contribution is 5.81. The minimum atomic E-state index is 0.199. The molecule has 2 heterocycles. The molecule has 0 radical (unpaired) electrons. The van der Waals surface area contributed by atoms with Gasteiger partial charge in [-0.15, -0.1) is 0 Å². The van der Waals surface area contributed by atoms with Crippen molar-refractivity contribution in [3.05, 3.63) is 36.1 Å². The van der Waals surface area contributed by atoms with Gasteiger partial charge in [-0.2, -0.15) is 0 Å². The van der Waals surface area contributed by atoms with Gasteiger partial charge in [0.05, 0.1) is 0 Å². The molecule has 1 saturated heterocycles. The van der Waals surface area contributed by atoms with Gasteiger partial charge in [-0.1, -0.05) is 18.2 Å². The molecule has 1 aliphatic rings. The normalized spacial score (nSPS) is 20.9. The lowest BCUT2D eigenvalue weighted by Gasteiger charge is -2.07. The van der Waals surface area contributed by atoms with Crippen LogP contribution >= 0.6 is 0 Å². The van der Waals surface area contributed by atoms with E-state index in [4.69, 9.17) is 4.42 Å². The molecule has 1 amide bonds. The number of likely N-dealkylation sites (tertiary alicyclic amines) is 1. The van der Waals surface area contributed by atoms with Gasteiger partial charge in [-0.05, 0) is 12.1 Å².